The van der Waals surface area contributed by atoms with Crippen LogP contribution in [0.4, 0.5) is 5.69 Å². The molecule has 0 aliphatic carbocycles. The van der Waals surface area contributed by atoms with Gasteiger partial charge in [0.15, 0.2) is 0 Å². The van der Waals surface area contributed by atoms with Crippen molar-refractivity contribution in [3.8, 4) is 0 Å². The van der Waals surface area contributed by atoms with Crippen LogP contribution in [0.3, 0.4) is 0 Å². The summed E-state index contributed by atoms with van der Waals surface area (Å²) in [5.41, 5.74) is 1.73. The van der Waals surface area contributed by atoms with E-state index in [9.17, 15) is 19.2 Å². The lowest BCUT2D eigenvalue weighted by molar-refractivity contribution is -0.143. The van der Waals surface area contributed by atoms with Gasteiger partial charge in [-0.15, -0.1) is 0 Å². The maximum atomic E-state index is 13.3. The average molecular weight is 497 g/mol. The zero-order chi connectivity index (χ0) is 27.2. The van der Waals surface area contributed by atoms with Gasteiger partial charge in [0.25, 0.3) is 0 Å². The van der Waals surface area contributed by atoms with Crippen LogP contribution in [0.15, 0.2) is 48.2 Å². The molecule has 1 aliphatic heterocycles. The number of hydrogen-bond acceptors (Lipinski definition) is 4. The van der Waals surface area contributed by atoms with Crippen molar-refractivity contribution in [2.24, 2.45) is 11.8 Å². The van der Waals surface area contributed by atoms with E-state index in [0.29, 0.717) is 6.42 Å². The highest BCUT2D eigenvalue weighted by atomic mass is 16.2. The number of para-hydroxylation sites is 1. The number of nitrogens with one attached hydrogen (secondary N) is 3. The molecule has 1 heterocycles. The van der Waals surface area contributed by atoms with Crippen LogP contribution >= 0.6 is 0 Å². The Labute approximate surface area is 214 Å². The van der Waals surface area contributed by atoms with Crippen molar-refractivity contribution in [1.82, 2.24) is 15.5 Å². The van der Waals surface area contributed by atoms with E-state index >= 15 is 0 Å². The number of allylic oxidation sites excluding steroid dienone is 2. The lowest BCUT2D eigenvalue weighted by atomic mass is 9.78. The molecule has 36 heavy (non-hydrogen) atoms. The number of benzene rings is 1. The van der Waals surface area contributed by atoms with Crippen molar-refractivity contribution < 1.29 is 19.2 Å². The van der Waals surface area contributed by atoms with Crippen molar-refractivity contribution in [1.29, 1.82) is 0 Å². The molecule has 1 aromatic rings. The minimum Gasteiger partial charge on any atom is -0.344 e. The topological polar surface area (TPSA) is 108 Å². The number of carbonyl (C=O) groups is 4. The average Bonchev–Trinajstić information content (AvgIpc) is 3.06. The molecule has 8 nitrogen and oxygen atoms in total. The van der Waals surface area contributed by atoms with Crippen LogP contribution in [0.25, 0.3) is 0 Å². The van der Waals surface area contributed by atoms with Crippen LogP contribution in [-0.2, 0) is 24.6 Å². The van der Waals surface area contributed by atoms with Gasteiger partial charge in [-0.2, -0.15) is 0 Å². The molecule has 0 saturated heterocycles. The first-order valence-corrected chi connectivity index (χ1v) is 12.4. The summed E-state index contributed by atoms with van der Waals surface area (Å²) in [6, 6.07) is 6.03. The van der Waals surface area contributed by atoms with E-state index in [0.717, 1.165) is 16.8 Å². The number of hydrogen-bond donors (Lipinski definition) is 3. The minimum atomic E-state index is -0.954. The van der Waals surface area contributed by atoms with E-state index in [1.165, 1.54) is 18.0 Å². The van der Waals surface area contributed by atoms with Crippen LogP contribution in [0.1, 0.15) is 60.5 Å². The van der Waals surface area contributed by atoms with Crippen LogP contribution in [-0.4, -0.2) is 47.7 Å². The van der Waals surface area contributed by atoms with Gasteiger partial charge >= 0.3 is 0 Å². The normalized spacial score (nSPS) is 18.4. The van der Waals surface area contributed by atoms with Gasteiger partial charge < -0.3 is 20.9 Å². The zero-order valence-electron chi connectivity index (χ0n) is 22.6. The molecule has 0 radical (unpaired) electrons. The first kappa shape index (κ1) is 28.8. The number of nitrogens with zero attached hydrogens (tertiary/aromatic N) is 1. The lowest BCUT2D eigenvalue weighted by Crippen LogP contribution is -2.56. The molecular formula is C28H40N4O4. The fourth-order valence-electron chi connectivity index (χ4n) is 4.50. The number of anilines is 1. The van der Waals surface area contributed by atoms with Crippen molar-refractivity contribution in [3.63, 3.8) is 0 Å². The number of fused-ring (bicyclic) bond motifs is 1. The summed E-state index contributed by atoms with van der Waals surface area (Å²) in [6.07, 6.45) is 5.68. The number of likely N-dealkylation sites (N-methyl/N-ethyl adjacent to an activating group) is 1. The molecule has 4 amide bonds. The molecule has 1 aromatic carbocycles. The monoisotopic (exact) mass is 496 g/mol. The van der Waals surface area contributed by atoms with Gasteiger partial charge in [0, 0.05) is 25.9 Å². The largest absolute Gasteiger partial charge is 0.344 e. The molecule has 3 atom stereocenters. The maximum absolute atomic E-state index is 13.3. The second-order valence-corrected chi connectivity index (χ2v) is 10.4. The highest BCUT2D eigenvalue weighted by Gasteiger charge is 2.44. The van der Waals surface area contributed by atoms with Crippen molar-refractivity contribution >= 4 is 29.3 Å². The van der Waals surface area contributed by atoms with Crippen LogP contribution in [0.2, 0.25) is 0 Å². The molecule has 0 unspecified atom stereocenters. The Morgan fingerprint density at radius 3 is 2.25 bits per heavy atom. The molecule has 0 spiro atoms. The molecule has 0 aromatic heterocycles. The summed E-state index contributed by atoms with van der Waals surface area (Å²) in [5, 5.41) is 8.43. The Hall–Kier alpha value is -3.42. The summed E-state index contributed by atoms with van der Waals surface area (Å²) in [6.45, 7) is 12.7. The van der Waals surface area contributed by atoms with Gasteiger partial charge in [-0.05, 0) is 49.8 Å². The van der Waals surface area contributed by atoms with E-state index in [1.54, 1.807) is 13.1 Å². The van der Waals surface area contributed by atoms with E-state index in [1.807, 2.05) is 71.9 Å². The summed E-state index contributed by atoms with van der Waals surface area (Å²) in [5.74, 6) is -1.49. The third kappa shape index (κ3) is 6.42. The second-order valence-electron chi connectivity index (χ2n) is 10.4. The Morgan fingerprint density at radius 1 is 1.06 bits per heavy atom. The third-order valence-electron chi connectivity index (χ3n) is 6.44. The number of carbonyl (C=O) groups excluding carboxylic acids is 4. The van der Waals surface area contributed by atoms with Gasteiger partial charge in [0.05, 0.1) is 5.41 Å². The Morgan fingerprint density at radius 2 is 1.69 bits per heavy atom. The van der Waals surface area contributed by atoms with E-state index in [-0.39, 0.29) is 35.5 Å². The van der Waals surface area contributed by atoms with Crippen molar-refractivity contribution in [2.45, 2.75) is 72.4 Å². The molecule has 3 N–H and O–H groups in total. The maximum Gasteiger partial charge on any atom is 0.246 e. The van der Waals surface area contributed by atoms with Gasteiger partial charge in [0.2, 0.25) is 23.6 Å². The van der Waals surface area contributed by atoms with E-state index in [2.05, 4.69) is 16.0 Å². The number of amides is 4. The number of rotatable bonds is 10. The molecule has 0 bridgehead atoms. The van der Waals surface area contributed by atoms with Crippen LogP contribution < -0.4 is 16.0 Å². The molecule has 1 aliphatic rings. The zero-order valence-corrected chi connectivity index (χ0v) is 22.6. The molecule has 2 rings (SSSR count). The van der Waals surface area contributed by atoms with Crippen LogP contribution in [0, 0.1) is 11.8 Å². The first-order chi connectivity index (χ1) is 16.8. The summed E-state index contributed by atoms with van der Waals surface area (Å²) in [7, 11) is 1.57. The standard InChI is InChI=1S/C28H40N4O4/c1-17(2)13-14-28(21-11-9-10-12-22(21)31-27(28)36)15-16-29-25(34)24(19(5)6)32(8)26(35)23(18(3)4)30-20(7)33/h9-13,15-16,18-19,23-24H,14H2,1-8H3,(H,29,34)(H,30,33)(H,31,36)/b16-15-/t23-,24-,28+/m0/s1. The lowest BCUT2D eigenvalue weighted by Gasteiger charge is -2.34. The van der Waals surface area contributed by atoms with Gasteiger partial charge in [-0.3, -0.25) is 19.2 Å². The Kier molecular flexibility index (Phi) is 9.62. The Bertz CT molecular complexity index is 1060. The highest BCUT2D eigenvalue weighted by Crippen LogP contribution is 2.41. The van der Waals surface area contributed by atoms with Crippen LogP contribution in [0.5, 0.6) is 0 Å². The SMILES string of the molecule is CC(=O)N[C@H](C(=O)N(C)[C@H](C(=O)N/C=C\[C@@]1(CC=C(C)C)C(=O)Nc2ccccc21)C(C)C)C(C)C. The molecular weight excluding hydrogens is 456 g/mol. The first-order valence-electron chi connectivity index (χ1n) is 12.4. The molecule has 0 fully saturated rings. The fourth-order valence-corrected chi connectivity index (χ4v) is 4.50. The third-order valence-corrected chi connectivity index (χ3v) is 6.44. The van der Waals surface area contributed by atoms with Crippen molar-refractivity contribution in [2.75, 3.05) is 12.4 Å². The highest BCUT2D eigenvalue weighted by molar-refractivity contribution is 6.08. The smallest absolute Gasteiger partial charge is 0.246 e. The summed E-state index contributed by atoms with van der Waals surface area (Å²) < 4.78 is 0. The molecule has 0 saturated carbocycles. The second kappa shape index (κ2) is 12.0. The summed E-state index contributed by atoms with van der Waals surface area (Å²) >= 11 is 0. The Balaban J connectivity index is 2.31. The van der Waals surface area contributed by atoms with E-state index in [4.69, 9.17) is 0 Å². The quantitative estimate of drug-likeness (QED) is 0.431. The molecule has 196 valence electrons. The van der Waals surface area contributed by atoms with Crippen molar-refractivity contribution in [3.05, 3.63) is 53.8 Å². The predicted molar refractivity (Wildman–Crippen MR) is 142 cm³/mol. The summed E-state index contributed by atoms with van der Waals surface area (Å²) in [4.78, 5) is 52.6. The van der Waals surface area contributed by atoms with Gasteiger partial charge in [-0.1, -0.05) is 57.5 Å². The van der Waals surface area contributed by atoms with Gasteiger partial charge in [-0.25, -0.2) is 0 Å². The predicted octanol–water partition coefficient (Wildman–Crippen LogP) is 3.51. The van der Waals surface area contributed by atoms with Gasteiger partial charge in [0.1, 0.15) is 12.1 Å². The fraction of sp³-hybridized carbons (Fsp3) is 0.500. The van der Waals surface area contributed by atoms with E-state index < -0.39 is 17.5 Å². The minimum absolute atomic E-state index is 0.143. The molecule has 8 heteroatoms.